The van der Waals surface area contributed by atoms with Crippen molar-refractivity contribution in [3.63, 3.8) is 0 Å². The van der Waals surface area contributed by atoms with E-state index in [4.69, 9.17) is 11.6 Å². The molecular weight excluding hydrogens is 361 g/mol. The van der Waals surface area contributed by atoms with E-state index in [0.29, 0.717) is 5.69 Å². The van der Waals surface area contributed by atoms with Crippen LogP contribution in [0, 0.1) is 10.6 Å². The van der Waals surface area contributed by atoms with Gasteiger partial charge in [-0.05, 0) is 47.2 Å². The maximum Gasteiger partial charge on any atom is 0.573 e. The van der Waals surface area contributed by atoms with Gasteiger partial charge in [-0.3, -0.25) is 4.79 Å². The second-order valence-electron chi connectivity index (χ2n) is 2.75. The van der Waals surface area contributed by atoms with Crippen LogP contribution in [0.2, 0.25) is 0 Å². The fourth-order valence-corrected chi connectivity index (χ4v) is 1.90. The van der Waals surface area contributed by atoms with Crippen LogP contribution in [0.3, 0.4) is 0 Å². The third-order valence-electron chi connectivity index (χ3n) is 1.49. The molecule has 1 rings (SSSR count). The largest absolute Gasteiger partial charge is 0.573 e. The van der Waals surface area contributed by atoms with Gasteiger partial charge in [-0.2, -0.15) is 0 Å². The third kappa shape index (κ3) is 3.48. The number of ether oxygens (including phenoxy) is 1. The minimum atomic E-state index is -4.89. The van der Waals surface area contributed by atoms with Crippen molar-refractivity contribution in [3.8, 4) is 5.75 Å². The number of aryl methyl sites for hydroxylation is 1. The number of carbonyl (C=O) groups excluding carboxylic acids is 1. The van der Waals surface area contributed by atoms with Crippen molar-refractivity contribution in [2.45, 2.75) is 13.3 Å². The number of aromatic nitrogens is 1. The topological polar surface area (TPSA) is 39.2 Å². The monoisotopic (exact) mass is 365 g/mol. The van der Waals surface area contributed by atoms with Crippen LogP contribution in [0.4, 0.5) is 13.2 Å². The van der Waals surface area contributed by atoms with E-state index >= 15 is 0 Å². The van der Waals surface area contributed by atoms with Crippen LogP contribution in [-0.2, 0) is 0 Å². The summed E-state index contributed by atoms with van der Waals surface area (Å²) in [6.07, 6.45) is -4.89. The van der Waals surface area contributed by atoms with Gasteiger partial charge in [0.2, 0.25) is 0 Å². The number of carbonyl (C=O) groups is 1. The molecule has 0 aliphatic rings. The van der Waals surface area contributed by atoms with Crippen molar-refractivity contribution in [2.24, 2.45) is 0 Å². The highest BCUT2D eigenvalue weighted by atomic mass is 127. The second-order valence-corrected chi connectivity index (χ2v) is 4.12. The molecule has 8 heteroatoms. The summed E-state index contributed by atoms with van der Waals surface area (Å²) < 4.78 is 39.8. The predicted molar refractivity (Wildman–Crippen MR) is 58.6 cm³/mol. The van der Waals surface area contributed by atoms with Crippen molar-refractivity contribution < 1.29 is 22.7 Å². The average Bonchev–Trinajstić information content (AvgIpc) is 2.07. The minimum absolute atomic E-state index is 0.0704. The van der Waals surface area contributed by atoms with Crippen LogP contribution in [0.25, 0.3) is 0 Å². The number of nitrogens with zero attached hydrogens (tertiary/aromatic N) is 1. The molecule has 0 atom stereocenters. The van der Waals surface area contributed by atoms with Gasteiger partial charge in [0.25, 0.3) is 5.24 Å². The highest BCUT2D eigenvalue weighted by Gasteiger charge is 2.34. The molecule has 0 aromatic carbocycles. The molecule has 1 heterocycles. The Hall–Kier alpha value is -0.570. The predicted octanol–water partition coefficient (Wildman–Crippen LogP) is 3.27. The summed E-state index contributed by atoms with van der Waals surface area (Å²) in [5.74, 6) is -0.668. The summed E-state index contributed by atoms with van der Waals surface area (Å²) in [7, 11) is 0. The first-order valence-corrected chi connectivity index (χ1v) is 5.29. The third-order valence-corrected chi connectivity index (χ3v) is 2.42. The average molecular weight is 365 g/mol. The van der Waals surface area contributed by atoms with Gasteiger partial charge in [-0.25, -0.2) is 4.98 Å². The molecular formula is C8H4ClF3INO2. The molecule has 1 aromatic rings. The normalized spacial score (nSPS) is 11.4. The van der Waals surface area contributed by atoms with E-state index in [0.717, 1.165) is 6.07 Å². The van der Waals surface area contributed by atoms with Crippen LogP contribution < -0.4 is 4.74 Å². The Morgan fingerprint density at radius 1 is 1.56 bits per heavy atom. The van der Waals surface area contributed by atoms with E-state index in [2.05, 4.69) is 9.72 Å². The smallest absolute Gasteiger partial charge is 0.402 e. The van der Waals surface area contributed by atoms with E-state index in [9.17, 15) is 18.0 Å². The Bertz CT molecular complexity index is 436. The number of hydrogen-bond acceptors (Lipinski definition) is 3. The standard InChI is InChI=1S/C8H4ClF3INO2/c1-3-2-4(6(9)15)5(7(13)14-3)16-8(10,11)12/h2H,1H3. The van der Waals surface area contributed by atoms with Crippen LogP contribution in [0.15, 0.2) is 6.07 Å². The molecule has 0 radical (unpaired) electrons. The summed E-state index contributed by atoms with van der Waals surface area (Å²) in [6, 6.07) is 1.14. The zero-order valence-electron chi connectivity index (χ0n) is 7.73. The van der Waals surface area contributed by atoms with Crippen molar-refractivity contribution in [1.29, 1.82) is 0 Å². The molecule has 0 aliphatic carbocycles. The maximum absolute atomic E-state index is 12.1. The fraction of sp³-hybridized carbons (Fsp3) is 0.250. The lowest BCUT2D eigenvalue weighted by Crippen LogP contribution is -2.20. The molecule has 0 fully saturated rings. The zero-order chi connectivity index (χ0) is 12.5. The number of rotatable bonds is 2. The lowest BCUT2D eigenvalue weighted by molar-refractivity contribution is -0.275. The van der Waals surface area contributed by atoms with Crippen molar-refractivity contribution in [1.82, 2.24) is 4.98 Å². The fourth-order valence-electron chi connectivity index (χ4n) is 0.982. The van der Waals surface area contributed by atoms with Gasteiger partial charge < -0.3 is 4.74 Å². The molecule has 0 saturated heterocycles. The Morgan fingerprint density at radius 3 is 2.56 bits per heavy atom. The highest BCUT2D eigenvalue weighted by Crippen LogP contribution is 2.31. The molecule has 16 heavy (non-hydrogen) atoms. The van der Waals surface area contributed by atoms with Gasteiger partial charge in [0.15, 0.2) is 5.75 Å². The molecule has 88 valence electrons. The molecule has 3 nitrogen and oxygen atoms in total. The van der Waals surface area contributed by atoms with E-state index < -0.39 is 17.4 Å². The van der Waals surface area contributed by atoms with Crippen molar-refractivity contribution in [2.75, 3.05) is 0 Å². The van der Waals surface area contributed by atoms with Gasteiger partial charge >= 0.3 is 6.36 Å². The van der Waals surface area contributed by atoms with Gasteiger partial charge in [0, 0.05) is 5.69 Å². The summed E-state index contributed by atoms with van der Waals surface area (Å²) in [6.45, 7) is 1.53. The van der Waals surface area contributed by atoms with Gasteiger partial charge in [0.05, 0.1) is 5.56 Å². The molecule has 0 N–H and O–H groups in total. The van der Waals surface area contributed by atoms with Gasteiger partial charge in [-0.1, -0.05) is 0 Å². The lowest BCUT2D eigenvalue weighted by atomic mass is 10.2. The summed E-state index contributed by atoms with van der Waals surface area (Å²) in [4.78, 5) is 14.7. The number of alkyl halides is 3. The van der Waals surface area contributed by atoms with E-state index in [-0.39, 0.29) is 9.26 Å². The summed E-state index contributed by atoms with van der Waals surface area (Å²) in [5.41, 5.74) is 0.0267. The molecule has 1 aromatic heterocycles. The highest BCUT2D eigenvalue weighted by molar-refractivity contribution is 14.1. The lowest BCUT2D eigenvalue weighted by Gasteiger charge is -2.13. The molecule has 0 amide bonds. The Morgan fingerprint density at radius 2 is 2.12 bits per heavy atom. The first-order chi connectivity index (χ1) is 7.20. The zero-order valence-corrected chi connectivity index (χ0v) is 10.6. The molecule has 0 aliphatic heterocycles. The van der Waals surface area contributed by atoms with Crippen molar-refractivity contribution >= 4 is 39.4 Å². The quantitative estimate of drug-likeness (QED) is 0.459. The van der Waals surface area contributed by atoms with Crippen molar-refractivity contribution in [3.05, 3.63) is 21.0 Å². The van der Waals surface area contributed by atoms with Crippen LogP contribution in [0.1, 0.15) is 16.1 Å². The van der Waals surface area contributed by atoms with E-state index in [1.54, 1.807) is 0 Å². The maximum atomic E-state index is 12.1. The number of halogens is 5. The van der Waals surface area contributed by atoms with Gasteiger partial charge in [0.1, 0.15) is 3.70 Å². The van der Waals surface area contributed by atoms with Gasteiger partial charge in [-0.15, -0.1) is 13.2 Å². The first kappa shape index (κ1) is 13.5. The van der Waals surface area contributed by atoms with E-state index in [1.807, 2.05) is 0 Å². The first-order valence-electron chi connectivity index (χ1n) is 3.83. The molecule has 0 unspecified atom stereocenters. The van der Waals surface area contributed by atoms with Crippen LogP contribution in [-0.4, -0.2) is 16.6 Å². The van der Waals surface area contributed by atoms with Crippen LogP contribution in [0.5, 0.6) is 5.75 Å². The Kier molecular flexibility index (Phi) is 4.00. The minimum Gasteiger partial charge on any atom is -0.402 e. The summed E-state index contributed by atoms with van der Waals surface area (Å²) in [5, 5.41) is -1.03. The molecule has 0 saturated carbocycles. The Labute approximate surface area is 107 Å². The summed E-state index contributed by atoms with van der Waals surface area (Å²) >= 11 is 6.70. The SMILES string of the molecule is Cc1cc(C(=O)Cl)c(OC(F)(F)F)c(I)n1. The Balaban J connectivity index is 3.30. The van der Waals surface area contributed by atoms with Crippen LogP contribution >= 0.6 is 34.2 Å². The van der Waals surface area contributed by atoms with E-state index in [1.165, 1.54) is 29.5 Å². The number of pyridine rings is 1. The second kappa shape index (κ2) is 4.74. The molecule has 0 bridgehead atoms. The number of hydrogen-bond donors (Lipinski definition) is 0. The molecule has 0 spiro atoms.